The van der Waals surface area contributed by atoms with Crippen LogP contribution >= 0.6 is 11.8 Å². The predicted molar refractivity (Wildman–Crippen MR) is 68.8 cm³/mol. The van der Waals surface area contributed by atoms with E-state index in [0.29, 0.717) is 12.5 Å². The van der Waals surface area contributed by atoms with Gasteiger partial charge in [0.15, 0.2) is 0 Å². The van der Waals surface area contributed by atoms with Crippen molar-refractivity contribution in [3.05, 3.63) is 29.8 Å². The number of benzene rings is 1. The summed E-state index contributed by atoms with van der Waals surface area (Å²) in [4.78, 5) is 18.3. The standard InChI is InChI=1S/C13H17NO2S/c1-9(2)7-16-14-13(15)11-8-17-12-6-4-3-5-10(11)12/h3-6,9,11H,7-8H2,1-2H3,(H,14,15). The quantitative estimate of drug-likeness (QED) is 0.836. The van der Waals surface area contributed by atoms with Crippen molar-refractivity contribution in [2.45, 2.75) is 24.7 Å². The van der Waals surface area contributed by atoms with Gasteiger partial charge >= 0.3 is 0 Å². The molecule has 0 aliphatic carbocycles. The van der Waals surface area contributed by atoms with Gasteiger partial charge in [0, 0.05) is 10.6 Å². The maximum absolute atomic E-state index is 11.9. The summed E-state index contributed by atoms with van der Waals surface area (Å²) in [6, 6.07) is 8.05. The van der Waals surface area contributed by atoms with Crippen LogP contribution in [0.2, 0.25) is 0 Å². The molecule has 0 bridgehead atoms. The van der Waals surface area contributed by atoms with Gasteiger partial charge in [0.2, 0.25) is 0 Å². The van der Waals surface area contributed by atoms with Crippen molar-refractivity contribution >= 4 is 17.7 Å². The van der Waals surface area contributed by atoms with E-state index in [2.05, 4.69) is 11.5 Å². The van der Waals surface area contributed by atoms with Crippen LogP contribution in [0.15, 0.2) is 29.2 Å². The summed E-state index contributed by atoms with van der Waals surface area (Å²) in [6.07, 6.45) is 0. The van der Waals surface area contributed by atoms with Crippen LogP contribution in [0.5, 0.6) is 0 Å². The molecule has 1 unspecified atom stereocenters. The molecule has 1 amide bonds. The third-order valence-corrected chi connectivity index (χ3v) is 3.79. The summed E-state index contributed by atoms with van der Waals surface area (Å²) in [5, 5.41) is 0. The van der Waals surface area contributed by atoms with Gasteiger partial charge in [-0.2, -0.15) is 0 Å². The molecule has 1 atom stereocenters. The van der Waals surface area contributed by atoms with Gasteiger partial charge < -0.3 is 0 Å². The summed E-state index contributed by atoms with van der Waals surface area (Å²) in [6.45, 7) is 4.65. The smallest absolute Gasteiger partial charge is 0.251 e. The zero-order valence-corrected chi connectivity index (χ0v) is 10.9. The van der Waals surface area contributed by atoms with Crippen LogP contribution in [-0.2, 0) is 9.63 Å². The number of rotatable bonds is 4. The van der Waals surface area contributed by atoms with Crippen LogP contribution in [0.1, 0.15) is 25.3 Å². The second kappa shape index (κ2) is 5.56. The van der Waals surface area contributed by atoms with Crippen molar-refractivity contribution in [3.63, 3.8) is 0 Å². The fourth-order valence-electron chi connectivity index (χ4n) is 1.73. The number of carbonyl (C=O) groups excluding carboxylic acids is 1. The fraction of sp³-hybridized carbons (Fsp3) is 0.462. The Balaban J connectivity index is 1.93. The molecule has 0 spiro atoms. The maximum Gasteiger partial charge on any atom is 0.251 e. The summed E-state index contributed by atoms with van der Waals surface area (Å²) in [7, 11) is 0. The summed E-state index contributed by atoms with van der Waals surface area (Å²) in [5.74, 6) is 1.10. The van der Waals surface area contributed by atoms with Gasteiger partial charge in [-0.1, -0.05) is 32.0 Å². The van der Waals surface area contributed by atoms with Crippen LogP contribution in [0.25, 0.3) is 0 Å². The number of fused-ring (bicyclic) bond motifs is 1. The number of nitrogens with one attached hydrogen (secondary N) is 1. The number of amides is 1. The number of hydrogen-bond donors (Lipinski definition) is 1. The van der Waals surface area contributed by atoms with Gasteiger partial charge in [-0.3, -0.25) is 9.63 Å². The summed E-state index contributed by atoms with van der Waals surface area (Å²) in [5.41, 5.74) is 3.66. The van der Waals surface area contributed by atoms with E-state index in [1.165, 1.54) is 4.90 Å². The Morgan fingerprint density at radius 3 is 3.06 bits per heavy atom. The average molecular weight is 251 g/mol. The molecule has 4 heteroatoms. The summed E-state index contributed by atoms with van der Waals surface area (Å²) >= 11 is 1.73. The number of hydrogen-bond acceptors (Lipinski definition) is 3. The van der Waals surface area contributed by atoms with Gasteiger partial charge in [0.05, 0.1) is 12.5 Å². The molecule has 1 aliphatic rings. The zero-order chi connectivity index (χ0) is 12.3. The van der Waals surface area contributed by atoms with E-state index < -0.39 is 0 Å². The molecule has 1 aliphatic heterocycles. The lowest BCUT2D eigenvalue weighted by atomic mass is 10.0. The minimum atomic E-state index is -0.0802. The highest BCUT2D eigenvalue weighted by Crippen LogP contribution is 2.39. The first-order valence-corrected chi connectivity index (χ1v) is 6.80. The molecule has 92 valence electrons. The molecule has 0 radical (unpaired) electrons. The highest BCUT2D eigenvalue weighted by Gasteiger charge is 2.28. The Bertz CT molecular complexity index is 406. The Labute approximate surface area is 106 Å². The normalized spacial score (nSPS) is 18.2. The van der Waals surface area contributed by atoms with Crippen LogP contribution < -0.4 is 5.48 Å². The molecule has 1 aromatic rings. The van der Waals surface area contributed by atoms with Crippen molar-refractivity contribution in [2.24, 2.45) is 5.92 Å². The lowest BCUT2D eigenvalue weighted by Gasteiger charge is -2.12. The van der Waals surface area contributed by atoms with E-state index >= 15 is 0 Å². The lowest BCUT2D eigenvalue weighted by Crippen LogP contribution is -2.30. The first-order chi connectivity index (χ1) is 8.18. The van der Waals surface area contributed by atoms with Crippen LogP contribution in [-0.4, -0.2) is 18.3 Å². The fourth-order valence-corrected chi connectivity index (χ4v) is 2.96. The van der Waals surface area contributed by atoms with Crippen molar-refractivity contribution in [1.29, 1.82) is 0 Å². The van der Waals surface area contributed by atoms with Crippen molar-refractivity contribution in [2.75, 3.05) is 12.4 Å². The second-order valence-corrected chi connectivity index (χ2v) is 5.63. The monoisotopic (exact) mass is 251 g/mol. The van der Waals surface area contributed by atoms with Gasteiger partial charge in [-0.25, -0.2) is 5.48 Å². The second-order valence-electron chi connectivity index (χ2n) is 4.57. The van der Waals surface area contributed by atoms with Crippen LogP contribution in [0.4, 0.5) is 0 Å². The Kier molecular flexibility index (Phi) is 4.07. The number of carbonyl (C=O) groups is 1. The first-order valence-electron chi connectivity index (χ1n) is 5.82. The van der Waals surface area contributed by atoms with Gasteiger partial charge in [-0.15, -0.1) is 11.8 Å². The number of thioether (sulfide) groups is 1. The minimum absolute atomic E-state index is 0.0388. The first kappa shape index (κ1) is 12.5. The molecule has 0 aromatic heterocycles. The molecule has 1 heterocycles. The van der Waals surface area contributed by atoms with Crippen molar-refractivity contribution in [3.8, 4) is 0 Å². The Morgan fingerprint density at radius 1 is 1.53 bits per heavy atom. The largest absolute Gasteiger partial charge is 0.273 e. The predicted octanol–water partition coefficient (Wildman–Crippen LogP) is 2.58. The molecule has 2 rings (SSSR count). The van der Waals surface area contributed by atoms with Gasteiger partial charge in [-0.05, 0) is 17.5 Å². The molecule has 0 saturated carbocycles. The highest BCUT2D eigenvalue weighted by molar-refractivity contribution is 7.99. The number of hydroxylamine groups is 1. The van der Waals surface area contributed by atoms with E-state index in [1.54, 1.807) is 11.8 Å². The van der Waals surface area contributed by atoms with Crippen LogP contribution in [0, 0.1) is 5.92 Å². The molecular formula is C13H17NO2S. The minimum Gasteiger partial charge on any atom is -0.273 e. The molecule has 17 heavy (non-hydrogen) atoms. The third-order valence-electron chi connectivity index (χ3n) is 2.61. The SMILES string of the molecule is CC(C)CONC(=O)C1CSc2ccccc21. The molecular weight excluding hydrogens is 234 g/mol. The topological polar surface area (TPSA) is 38.3 Å². The Hall–Kier alpha value is -1.00. The van der Waals surface area contributed by atoms with Crippen molar-refractivity contribution in [1.82, 2.24) is 5.48 Å². The lowest BCUT2D eigenvalue weighted by molar-refractivity contribution is -0.135. The van der Waals surface area contributed by atoms with E-state index in [4.69, 9.17) is 4.84 Å². The average Bonchev–Trinajstić information content (AvgIpc) is 2.72. The molecule has 1 aromatic carbocycles. The van der Waals surface area contributed by atoms with Crippen molar-refractivity contribution < 1.29 is 9.63 Å². The maximum atomic E-state index is 11.9. The molecule has 0 saturated heterocycles. The molecule has 3 nitrogen and oxygen atoms in total. The molecule has 0 fully saturated rings. The van der Waals surface area contributed by atoms with E-state index in [9.17, 15) is 4.79 Å². The highest BCUT2D eigenvalue weighted by atomic mass is 32.2. The van der Waals surface area contributed by atoms with Gasteiger partial charge in [0.1, 0.15) is 0 Å². The Morgan fingerprint density at radius 2 is 2.29 bits per heavy atom. The van der Waals surface area contributed by atoms with E-state index in [1.807, 2.05) is 32.0 Å². The third kappa shape index (κ3) is 3.01. The van der Waals surface area contributed by atoms with Gasteiger partial charge in [0.25, 0.3) is 5.91 Å². The molecule has 1 N–H and O–H groups in total. The van der Waals surface area contributed by atoms with E-state index in [0.717, 1.165) is 11.3 Å². The van der Waals surface area contributed by atoms with Crippen LogP contribution in [0.3, 0.4) is 0 Å². The summed E-state index contributed by atoms with van der Waals surface area (Å²) < 4.78 is 0. The zero-order valence-electron chi connectivity index (χ0n) is 10.1. The van der Waals surface area contributed by atoms with E-state index in [-0.39, 0.29) is 11.8 Å².